The lowest BCUT2D eigenvalue weighted by Gasteiger charge is -2.17. The quantitative estimate of drug-likeness (QED) is 0.431. The van der Waals surface area contributed by atoms with Crippen LogP contribution >= 0.6 is 0 Å². The summed E-state index contributed by atoms with van der Waals surface area (Å²) in [5, 5.41) is 12.8. The largest absolute Gasteiger partial charge is 0.387 e. The van der Waals surface area contributed by atoms with Gasteiger partial charge in [0, 0.05) is 12.5 Å². The second-order valence-corrected chi connectivity index (χ2v) is 6.25. The van der Waals surface area contributed by atoms with E-state index in [1.807, 2.05) is 0 Å². The summed E-state index contributed by atoms with van der Waals surface area (Å²) in [4.78, 5) is 34.7. The number of aromatic amines is 1. The van der Waals surface area contributed by atoms with Crippen molar-refractivity contribution in [2.24, 2.45) is 17.4 Å². The van der Waals surface area contributed by atoms with Gasteiger partial charge in [-0.3, -0.25) is 24.5 Å². The van der Waals surface area contributed by atoms with Crippen LogP contribution in [0.15, 0.2) is 11.1 Å². The number of rotatable bonds is 4. The molecule has 0 unspecified atom stereocenters. The van der Waals surface area contributed by atoms with Crippen molar-refractivity contribution in [2.75, 3.05) is 11.9 Å². The molecule has 136 valence electrons. The first kappa shape index (κ1) is 17.5. The number of anilines is 1. The number of hydrogen-bond acceptors (Lipinski definition) is 8. The molecule has 0 bridgehead atoms. The van der Waals surface area contributed by atoms with Gasteiger partial charge in [0.1, 0.15) is 6.10 Å². The van der Waals surface area contributed by atoms with Crippen LogP contribution in [0.5, 0.6) is 0 Å². The van der Waals surface area contributed by atoms with Crippen LogP contribution in [0.4, 0.5) is 5.95 Å². The molecular formula is C14H21N7O4. The molecule has 2 aromatic heterocycles. The summed E-state index contributed by atoms with van der Waals surface area (Å²) in [7, 11) is 0. The van der Waals surface area contributed by atoms with Crippen molar-refractivity contribution in [2.45, 2.75) is 38.3 Å². The second kappa shape index (κ2) is 6.52. The van der Waals surface area contributed by atoms with Gasteiger partial charge in [0.25, 0.3) is 5.56 Å². The van der Waals surface area contributed by atoms with Gasteiger partial charge in [0.05, 0.1) is 18.5 Å². The van der Waals surface area contributed by atoms with E-state index in [1.165, 1.54) is 10.9 Å². The predicted molar refractivity (Wildman–Crippen MR) is 88.6 cm³/mol. The Kier molecular flexibility index (Phi) is 4.56. The summed E-state index contributed by atoms with van der Waals surface area (Å²) >= 11 is 0. The number of imidazole rings is 1. The SMILES string of the molecule is CC(C)C(=O)Nc1nc2c(ncn2[C@@H]2O[C@H](CN)[C@@H](N)[C@H]2O)c(=O)[nH]1. The van der Waals surface area contributed by atoms with Crippen molar-refractivity contribution < 1.29 is 14.6 Å². The molecule has 3 heterocycles. The molecule has 11 nitrogen and oxygen atoms in total. The van der Waals surface area contributed by atoms with Gasteiger partial charge >= 0.3 is 0 Å². The number of H-pyrrole nitrogens is 1. The zero-order valence-electron chi connectivity index (χ0n) is 13.8. The highest BCUT2D eigenvalue weighted by molar-refractivity contribution is 5.91. The molecule has 0 saturated carbocycles. The average Bonchev–Trinajstić information content (AvgIpc) is 3.10. The first-order valence-electron chi connectivity index (χ1n) is 7.90. The Bertz CT molecular complexity index is 845. The summed E-state index contributed by atoms with van der Waals surface area (Å²) in [6.07, 6.45) is -1.11. The molecule has 1 aliphatic rings. The van der Waals surface area contributed by atoms with Crippen molar-refractivity contribution in [1.29, 1.82) is 0 Å². The number of amides is 1. The number of hydrogen-bond donors (Lipinski definition) is 5. The minimum absolute atomic E-state index is 0.00916. The van der Waals surface area contributed by atoms with E-state index in [1.54, 1.807) is 13.8 Å². The maximum Gasteiger partial charge on any atom is 0.280 e. The lowest BCUT2D eigenvalue weighted by Crippen LogP contribution is -2.42. The van der Waals surface area contributed by atoms with Gasteiger partial charge in [-0.1, -0.05) is 13.8 Å². The van der Waals surface area contributed by atoms with Gasteiger partial charge in [0.15, 0.2) is 17.4 Å². The third kappa shape index (κ3) is 3.02. The van der Waals surface area contributed by atoms with Gasteiger partial charge in [-0.2, -0.15) is 4.98 Å². The Morgan fingerprint density at radius 1 is 1.56 bits per heavy atom. The fourth-order valence-electron chi connectivity index (χ4n) is 2.64. The lowest BCUT2D eigenvalue weighted by molar-refractivity contribution is -0.118. The van der Waals surface area contributed by atoms with Crippen molar-refractivity contribution >= 4 is 23.0 Å². The number of aliphatic hydroxyl groups is 1. The summed E-state index contributed by atoms with van der Waals surface area (Å²) in [6.45, 7) is 3.58. The van der Waals surface area contributed by atoms with Crippen LogP contribution in [0.2, 0.25) is 0 Å². The van der Waals surface area contributed by atoms with Crippen LogP contribution in [0.3, 0.4) is 0 Å². The number of aliphatic hydroxyl groups excluding tert-OH is 1. The molecule has 0 aliphatic carbocycles. The number of nitrogens with zero attached hydrogens (tertiary/aromatic N) is 3. The normalized spacial score (nSPS) is 26.5. The summed E-state index contributed by atoms with van der Waals surface area (Å²) < 4.78 is 7.08. The van der Waals surface area contributed by atoms with Crippen LogP contribution in [0.1, 0.15) is 20.1 Å². The monoisotopic (exact) mass is 351 g/mol. The smallest absolute Gasteiger partial charge is 0.280 e. The molecule has 2 aromatic rings. The molecular weight excluding hydrogens is 330 g/mol. The fourth-order valence-corrected chi connectivity index (χ4v) is 2.64. The average molecular weight is 351 g/mol. The van der Waals surface area contributed by atoms with Gasteiger partial charge in [-0.25, -0.2) is 4.98 Å². The van der Waals surface area contributed by atoms with Crippen LogP contribution in [0.25, 0.3) is 11.2 Å². The molecule has 3 rings (SSSR count). The zero-order chi connectivity index (χ0) is 18.3. The van der Waals surface area contributed by atoms with Crippen LogP contribution in [-0.2, 0) is 9.53 Å². The zero-order valence-corrected chi connectivity index (χ0v) is 13.8. The summed E-state index contributed by atoms with van der Waals surface area (Å²) in [5.74, 6) is -0.588. The van der Waals surface area contributed by atoms with E-state index in [9.17, 15) is 14.7 Å². The number of nitrogens with one attached hydrogen (secondary N) is 2. The van der Waals surface area contributed by atoms with Crippen LogP contribution in [-0.4, -0.2) is 55.3 Å². The first-order valence-corrected chi connectivity index (χ1v) is 7.90. The maximum absolute atomic E-state index is 12.2. The van der Waals surface area contributed by atoms with Crippen molar-refractivity contribution in [3.63, 3.8) is 0 Å². The fraction of sp³-hybridized carbons (Fsp3) is 0.571. The van der Waals surface area contributed by atoms with Gasteiger partial charge in [0.2, 0.25) is 11.9 Å². The molecule has 0 radical (unpaired) electrons. The minimum atomic E-state index is -1.04. The Balaban J connectivity index is 2.01. The number of carbonyl (C=O) groups excluding carboxylic acids is 1. The molecule has 25 heavy (non-hydrogen) atoms. The highest BCUT2D eigenvalue weighted by Gasteiger charge is 2.42. The minimum Gasteiger partial charge on any atom is -0.387 e. The second-order valence-electron chi connectivity index (χ2n) is 6.25. The Morgan fingerprint density at radius 3 is 2.88 bits per heavy atom. The van der Waals surface area contributed by atoms with Crippen molar-refractivity contribution in [3.8, 4) is 0 Å². The van der Waals surface area contributed by atoms with Gasteiger partial charge < -0.3 is 21.3 Å². The highest BCUT2D eigenvalue weighted by atomic mass is 16.5. The number of ether oxygens (including phenoxy) is 1. The third-order valence-electron chi connectivity index (χ3n) is 4.13. The maximum atomic E-state index is 12.2. The van der Waals surface area contributed by atoms with E-state index in [0.717, 1.165) is 0 Å². The lowest BCUT2D eigenvalue weighted by atomic mass is 10.1. The Labute approximate surface area is 142 Å². The summed E-state index contributed by atoms with van der Waals surface area (Å²) in [6, 6.07) is -0.672. The van der Waals surface area contributed by atoms with Crippen LogP contribution in [0, 0.1) is 5.92 Å². The molecule has 1 aliphatic heterocycles. The first-order chi connectivity index (χ1) is 11.8. The molecule has 0 spiro atoms. The number of fused-ring (bicyclic) bond motifs is 1. The van der Waals surface area contributed by atoms with E-state index < -0.39 is 30.0 Å². The number of aromatic nitrogens is 4. The Morgan fingerprint density at radius 2 is 2.28 bits per heavy atom. The standard InChI is InChI=1S/C14H21N7O4/c1-5(2)11(23)19-14-18-10-8(12(24)20-14)17-4-21(10)13-9(22)7(16)6(3-15)25-13/h4-7,9,13,22H,3,15-16H2,1-2H3,(H2,18,19,20,23,24)/t6-,7-,9-,13-/m1/s1. The summed E-state index contributed by atoms with van der Waals surface area (Å²) in [5.41, 5.74) is 11.2. The van der Waals surface area contributed by atoms with E-state index in [4.69, 9.17) is 16.2 Å². The predicted octanol–water partition coefficient (Wildman–Crippen LogP) is -1.74. The third-order valence-corrected chi connectivity index (χ3v) is 4.13. The van der Waals surface area contributed by atoms with Gasteiger partial charge in [-0.15, -0.1) is 0 Å². The van der Waals surface area contributed by atoms with Crippen molar-refractivity contribution in [3.05, 3.63) is 16.7 Å². The molecule has 0 aromatic carbocycles. The molecule has 1 fully saturated rings. The van der Waals surface area contributed by atoms with Crippen molar-refractivity contribution in [1.82, 2.24) is 19.5 Å². The number of nitrogens with two attached hydrogens (primary N) is 2. The molecule has 7 N–H and O–H groups in total. The van der Waals surface area contributed by atoms with Gasteiger partial charge in [-0.05, 0) is 0 Å². The molecule has 4 atom stereocenters. The molecule has 1 amide bonds. The molecule has 11 heteroatoms. The number of carbonyl (C=O) groups is 1. The molecule has 1 saturated heterocycles. The topological polar surface area (TPSA) is 174 Å². The Hall–Kier alpha value is -2.34. The van der Waals surface area contributed by atoms with Crippen LogP contribution < -0.4 is 22.3 Å². The van der Waals surface area contributed by atoms with E-state index >= 15 is 0 Å². The van der Waals surface area contributed by atoms with E-state index in [-0.39, 0.29) is 35.5 Å². The van der Waals surface area contributed by atoms with E-state index in [2.05, 4.69) is 20.3 Å². The van der Waals surface area contributed by atoms with E-state index in [0.29, 0.717) is 0 Å². The highest BCUT2D eigenvalue weighted by Crippen LogP contribution is 2.29.